The highest BCUT2D eigenvalue weighted by Crippen LogP contribution is 2.26. The van der Waals surface area contributed by atoms with Crippen molar-refractivity contribution in [1.29, 1.82) is 0 Å². The average Bonchev–Trinajstić information content (AvgIpc) is 2.94. The topological polar surface area (TPSA) is 86.8 Å². The predicted octanol–water partition coefficient (Wildman–Crippen LogP) is 6.22. The Labute approximate surface area is 247 Å². The number of rotatable bonds is 13. The van der Waals surface area contributed by atoms with Gasteiger partial charge in [-0.15, -0.1) is 0 Å². The number of carbonyl (C=O) groups excluding carboxylic acids is 2. The summed E-state index contributed by atoms with van der Waals surface area (Å²) < 4.78 is 28.8. The maximum Gasteiger partial charge on any atom is 0.264 e. The zero-order valence-electron chi connectivity index (χ0n) is 22.9. The van der Waals surface area contributed by atoms with Crippen LogP contribution in [0.25, 0.3) is 0 Å². The van der Waals surface area contributed by atoms with Gasteiger partial charge < -0.3 is 10.2 Å². The molecule has 2 amide bonds. The molecule has 1 atom stereocenters. The Hall–Kier alpha value is -3.07. The first-order chi connectivity index (χ1) is 19.1. The Morgan fingerprint density at radius 2 is 1.60 bits per heavy atom. The van der Waals surface area contributed by atoms with E-state index in [1.54, 1.807) is 60.7 Å². The number of anilines is 1. The Bertz CT molecular complexity index is 1400. The monoisotopic (exact) mass is 603 g/mol. The van der Waals surface area contributed by atoms with Gasteiger partial charge in [-0.3, -0.25) is 13.9 Å². The van der Waals surface area contributed by atoms with Gasteiger partial charge in [0.1, 0.15) is 12.6 Å². The van der Waals surface area contributed by atoms with Crippen molar-refractivity contribution in [3.63, 3.8) is 0 Å². The van der Waals surface area contributed by atoms with E-state index in [0.29, 0.717) is 34.3 Å². The van der Waals surface area contributed by atoms with Crippen molar-refractivity contribution in [2.24, 2.45) is 0 Å². The third-order valence-electron chi connectivity index (χ3n) is 6.48. The molecule has 0 saturated heterocycles. The summed E-state index contributed by atoms with van der Waals surface area (Å²) in [6.07, 6.45) is 2.05. The lowest BCUT2D eigenvalue weighted by atomic mass is 10.1. The average molecular weight is 605 g/mol. The molecular formula is C30H35Cl2N3O4S. The van der Waals surface area contributed by atoms with E-state index in [4.69, 9.17) is 23.2 Å². The minimum Gasteiger partial charge on any atom is -0.354 e. The SMILES string of the molecule is CCCCNC(=O)C(CC)N(Cc1ccc(Cl)c(Cl)c1)C(=O)CN(c1ccccc1)S(=O)(=O)c1ccc(C)cc1. The van der Waals surface area contributed by atoms with Crippen molar-refractivity contribution in [3.05, 3.63) is 94.0 Å². The van der Waals surface area contributed by atoms with Gasteiger partial charge in [-0.1, -0.05) is 85.4 Å². The Morgan fingerprint density at radius 1 is 0.925 bits per heavy atom. The molecule has 0 aliphatic heterocycles. The van der Waals surface area contributed by atoms with Gasteiger partial charge in [0.25, 0.3) is 10.0 Å². The van der Waals surface area contributed by atoms with E-state index in [1.807, 2.05) is 20.8 Å². The summed E-state index contributed by atoms with van der Waals surface area (Å²) in [6, 6.07) is 19.1. The Kier molecular flexibility index (Phi) is 11.4. The van der Waals surface area contributed by atoms with Crippen LogP contribution in [0.3, 0.4) is 0 Å². The van der Waals surface area contributed by atoms with Gasteiger partial charge in [0, 0.05) is 13.1 Å². The zero-order valence-corrected chi connectivity index (χ0v) is 25.3. The molecule has 3 aromatic carbocycles. The number of hydrogen-bond donors (Lipinski definition) is 1. The number of unbranched alkanes of at least 4 members (excludes halogenated alkanes) is 1. The second-order valence-corrected chi connectivity index (χ2v) is 12.2. The first-order valence-electron chi connectivity index (χ1n) is 13.2. The lowest BCUT2D eigenvalue weighted by Gasteiger charge is -2.33. The molecule has 0 heterocycles. The van der Waals surface area contributed by atoms with Gasteiger partial charge >= 0.3 is 0 Å². The van der Waals surface area contributed by atoms with Crippen LogP contribution >= 0.6 is 23.2 Å². The van der Waals surface area contributed by atoms with E-state index in [2.05, 4.69) is 5.32 Å². The van der Waals surface area contributed by atoms with E-state index in [0.717, 1.165) is 22.7 Å². The summed E-state index contributed by atoms with van der Waals surface area (Å²) in [5.41, 5.74) is 1.91. The number of carbonyl (C=O) groups is 2. The number of benzene rings is 3. The number of sulfonamides is 1. The Morgan fingerprint density at radius 3 is 2.20 bits per heavy atom. The molecule has 3 aromatic rings. The first-order valence-corrected chi connectivity index (χ1v) is 15.4. The molecule has 0 spiro atoms. The van der Waals surface area contributed by atoms with Crippen LogP contribution in [-0.4, -0.2) is 44.3 Å². The number of aryl methyl sites for hydroxylation is 1. The largest absolute Gasteiger partial charge is 0.354 e. The van der Waals surface area contributed by atoms with Crippen LogP contribution in [0.5, 0.6) is 0 Å². The third kappa shape index (κ3) is 7.99. The van der Waals surface area contributed by atoms with Crippen molar-refractivity contribution >= 4 is 50.7 Å². The summed E-state index contributed by atoms with van der Waals surface area (Å²) in [4.78, 5) is 28.7. The van der Waals surface area contributed by atoms with Crippen LogP contribution < -0.4 is 9.62 Å². The van der Waals surface area contributed by atoms with Crippen molar-refractivity contribution < 1.29 is 18.0 Å². The van der Waals surface area contributed by atoms with Gasteiger partial charge in [0.05, 0.1) is 20.6 Å². The van der Waals surface area contributed by atoms with Crippen LogP contribution in [0.15, 0.2) is 77.7 Å². The molecule has 214 valence electrons. The zero-order chi connectivity index (χ0) is 29.3. The minimum absolute atomic E-state index is 0.0443. The molecule has 0 bridgehead atoms. The molecule has 1 unspecified atom stereocenters. The highest BCUT2D eigenvalue weighted by Gasteiger charge is 2.33. The predicted molar refractivity (Wildman–Crippen MR) is 161 cm³/mol. The lowest BCUT2D eigenvalue weighted by Crippen LogP contribution is -2.52. The van der Waals surface area contributed by atoms with E-state index >= 15 is 0 Å². The number of amides is 2. The molecule has 0 fully saturated rings. The van der Waals surface area contributed by atoms with E-state index in [1.165, 1.54) is 17.0 Å². The van der Waals surface area contributed by atoms with Gasteiger partial charge in [-0.25, -0.2) is 8.42 Å². The maximum atomic E-state index is 14.0. The number of nitrogens with one attached hydrogen (secondary N) is 1. The molecule has 1 N–H and O–H groups in total. The van der Waals surface area contributed by atoms with Crippen molar-refractivity contribution in [1.82, 2.24) is 10.2 Å². The molecule has 3 rings (SSSR count). The van der Waals surface area contributed by atoms with Gasteiger partial charge in [0.15, 0.2) is 0 Å². The van der Waals surface area contributed by atoms with Gasteiger partial charge in [-0.2, -0.15) is 0 Å². The number of hydrogen-bond acceptors (Lipinski definition) is 4. The quantitative estimate of drug-likeness (QED) is 0.235. The van der Waals surface area contributed by atoms with E-state index in [9.17, 15) is 18.0 Å². The van der Waals surface area contributed by atoms with Crippen LogP contribution in [-0.2, 0) is 26.2 Å². The highest BCUT2D eigenvalue weighted by molar-refractivity contribution is 7.92. The minimum atomic E-state index is -4.11. The summed E-state index contributed by atoms with van der Waals surface area (Å²) in [5.74, 6) is -0.819. The Balaban J connectivity index is 2.02. The smallest absolute Gasteiger partial charge is 0.264 e. The molecule has 0 aliphatic rings. The van der Waals surface area contributed by atoms with Crippen molar-refractivity contribution in [2.45, 2.75) is 57.5 Å². The van der Waals surface area contributed by atoms with E-state index < -0.39 is 28.5 Å². The molecule has 10 heteroatoms. The number of para-hydroxylation sites is 1. The first kappa shape index (κ1) is 31.5. The fourth-order valence-electron chi connectivity index (χ4n) is 4.22. The fourth-order valence-corrected chi connectivity index (χ4v) is 5.96. The van der Waals surface area contributed by atoms with Crippen molar-refractivity contribution in [3.8, 4) is 0 Å². The number of halogens is 2. The fraction of sp³-hybridized carbons (Fsp3) is 0.333. The van der Waals surface area contributed by atoms with Gasteiger partial charge in [-0.05, 0) is 61.7 Å². The maximum absolute atomic E-state index is 14.0. The normalized spacial score (nSPS) is 12.0. The summed E-state index contributed by atoms with van der Waals surface area (Å²) in [5, 5.41) is 3.60. The standard InChI is InChI=1S/C30H35Cl2N3O4S/c1-4-6-18-33-30(37)28(5-2)34(20-23-14-17-26(31)27(32)19-23)29(36)21-35(24-10-8-7-9-11-24)40(38,39)25-15-12-22(3)13-16-25/h7-17,19,28H,4-6,18,20-21H2,1-3H3,(H,33,37). The van der Waals surface area contributed by atoms with Crippen molar-refractivity contribution in [2.75, 3.05) is 17.4 Å². The van der Waals surface area contributed by atoms with Crippen LogP contribution in [0, 0.1) is 6.92 Å². The number of nitrogens with zero attached hydrogens (tertiary/aromatic N) is 2. The second-order valence-electron chi connectivity index (χ2n) is 9.50. The molecular weight excluding hydrogens is 569 g/mol. The highest BCUT2D eigenvalue weighted by atomic mass is 35.5. The summed E-state index contributed by atoms with van der Waals surface area (Å²) in [6.45, 7) is 5.74. The van der Waals surface area contributed by atoms with Gasteiger partial charge in [0.2, 0.25) is 11.8 Å². The molecule has 0 radical (unpaired) electrons. The summed E-state index contributed by atoms with van der Waals surface area (Å²) >= 11 is 12.3. The van der Waals surface area contributed by atoms with E-state index in [-0.39, 0.29) is 17.3 Å². The van der Waals surface area contributed by atoms with Crippen LogP contribution in [0.2, 0.25) is 10.0 Å². The lowest BCUT2D eigenvalue weighted by molar-refractivity contribution is -0.140. The van der Waals surface area contributed by atoms with Crippen LogP contribution in [0.4, 0.5) is 5.69 Å². The molecule has 0 saturated carbocycles. The third-order valence-corrected chi connectivity index (χ3v) is 9.01. The second kappa shape index (κ2) is 14.5. The molecule has 0 aromatic heterocycles. The molecule has 7 nitrogen and oxygen atoms in total. The molecule has 40 heavy (non-hydrogen) atoms. The molecule has 0 aliphatic carbocycles. The van der Waals surface area contributed by atoms with Crippen LogP contribution in [0.1, 0.15) is 44.2 Å². The summed E-state index contributed by atoms with van der Waals surface area (Å²) in [7, 11) is -4.11.